The first-order chi connectivity index (χ1) is 7.25. The van der Waals surface area contributed by atoms with E-state index in [4.69, 9.17) is 0 Å². The van der Waals surface area contributed by atoms with Crippen LogP contribution in [0.5, 0.6) is 0 Å². The molecule has 2 atom stereocenters. The summed E-state index contributed by atoms with van der Waals surface area (Å²) in [5.74, 6) is 0.792. The van der Waals surface area contributed by atoms with Crippen molar-refractivity contribution in [2.24, 2.45) is 5.92 Å². The minimum atomic E-state index is 0.302. The summed E-state index contributed by atoms with van der Waals surface area (Å²) < 4.78 is 0. The largest absolute Gasteiger partial charge is 0.314 e. The van der Waals surface area contributed by atoms with Gasteiger partial charge in [-0.3, -0.25) is 4.79 Å². The van der Waals surface area contributed by atoms with E-state index in [9.17, 15) is 4.79 Å². The average molecular weight is 211 g/mol. The Morgan fingerprint density at radius 1 is 1.27 bits per heavy atom. The molecule has 0 saturated carbocycles. The van der Waals surface area contributed by atoms with E-state index >= 15 is 0 Å². The monoisotopic (exact) mass is 211 g/mol. The zero-order valence-corrected chi connectivity index (χ0v) is 10.2. The van der Waals surface area contributed by atoms with Gasteiger partial charge >= 0.3 is 0 Å². The highest BCUT2D eigenvalue weighted by Gasteiger charge is 2.28. The van der Waals surface area contributed by atoms with Crippen molar-refractivity contribution in [3.8, 4) is 0 Å². The zero-order chi connectivity index (χ0) is 11.1. The Morgan fingerprint density at radius 3 is 2.60 bits per heavy atom. The summed E-state index contributed by atoms with van der Waals surface area (Å²) in [7, 11) is 0. The molecule has 1 saturated heterocycles. The third-order valence-corrected chi connectivity index (χ3v) is 3.47. The van der Waals surface area contributed by atoms with Gasteiger partial charge in [0.15, 0.2) is 0 Å². The molecular weight excluding hydrogens is 186 g/mol. The molecule has 88 valence electrons. The van der Waals surface area contributed by atoms with E-state index in [2.05, 4.69) is 19.2 Å². The number of carbonyl (C=O) groups is 1. The molecule has 0 amide bonds. The number of nitrogens with one attached hydrogen (secondary N) is 1. The number of Topliss-reactive ketones (excluding diaryl/α,β-unsaturated/α-hetero) is 1. The highest BCUT2D eigenvalue weighted by Crippen LogP contribution is 2.19. The van der Waals surface area contributed by atoms with Crippen molar-refractivity contribution < 1.29 is 4.79 Å². The van der Waals surface area contributed by atoms with Crippen LogP contribution in [0.25, 0.3) is 0 Å². The summed E-state index contributed by atoms with van der Waals surface area (Å²) in [6.07, 6.45) is 8.07. The molecule has 0 radical (unpaired) electrons. The number of hydrogen-bond donors (Lipinski definition) is 1. The standard InChI is InChI=1S/C13H25NO/c1-3-4-5-6-7-8-13(15)12-9-10-14-11(12)2/h11-12,14H,3-10H2,1-2H3. The summed E-state index contributed by atoms with van der Waals surface area (Å²) in [5.41, 5.74) is 0. The zero-order valence-electron chi connectivity index (χ0n) is 10.2. The van der Waals surface area contributed by atoms with Crippen molar-refractivity contribution in [3.63, 3.8) is 0 Å². The van der Waals surface area contributed by atoms with Crippen molar-refractivity contribution in [1.82, 2.24) is 5.32 Å². The summed E-state index contributed by atoms with van der Waals surface area (Å²) in [4.78, 5) is 11.8. The molecule has 1 aliphatic heterocycles. The molecule has 2 nitrogen and oxygen atoms in total. The molecule has 15 heavy (non-hydrogen) atoms. The molecule has 0 bridgehead atoms. The second-order valence-electron chi connectivity index (χ2n) is 4.77. The van der Waals surface area contributed by atoms with Crippen LogP contribution in [0.3, 0.4) is 0 Å². The SMILES string of the molecule is CCCCCCCC(=O)C1CCNC1C. The van der Waals surface area contributed by atoms with Gasteiger partial charge in [0.05, 0.1) is 0 Å². The molecular formula is C13H25NO. The Balaban J connectivity index is 2.08. The Hall–Kier alpha value is -0.370. The van der Waals surface area contributed by atoms with E-state index < -0.39 is 0 Å². The fraction of sp³-hybridized carbons (Fsp3) is 0.923. The van der Waals surface area contributed by atoms with Gasteiger partial charge in [-0.2, -0.15) is 0 Å². The Labute approximate surface area is 93.8 Å². The third-order valence-electron chi connectivity index (χ3n) is 3.47. The summed E-state index contributed by atoms with van der Waals surface area (Å²) in [6, 6.07) is 0.410. The molecule has 2 unspecified atom stereocenters. The number of hydrogen-bond acceptors (Lipinski definition) is 2. The maximum Gasteiger partial charge on any atom is 0.137 e. The number of unbranched alkanes of at least 4 members (excludes halogenated alkanes) is 4. The Bertz CT molecular complexity index is 191. The van der Waals surface area contributed by atoms with E-state index in [0.717, 1.165) is 25.8 Å². The lowest BCUT2D eigenvalue weighted by Crippen LogP contribution is -2.28. The first kappa shape index (κ1) is 12.7. The second-order valence-corrected chi connectivity index (χ2v) is 4.77. The minimum Gasteiger partial charge on any atom is -0.314 e. The smallest absolute Gasteiger partial charge is 0.137 e. The van der Waals surface area contributed by atoms with Crippen molar-refractivity contribution in [2.45, 2.75) is 64.8 Å². The number of rotatable bonds is 7. The summed E-state index contributed by atoms with van der Waals surface area (Å²) in [5, 5.41) is 3.34. The molecule has 1 rings (SSSR count). The van der Waals surface area contributed by atoms with Crippen LogP contribution >= 0.6 is 0 Å². The van der Waals surface area contributed by atoms with Crippen molar-refractivity contribution in [2.75, 3.05) is 6.54 Å². The lowest BCUT2D eigenvalue weighted by Gasteiger charge is -2.13. The van der Waals surface area contributed by atoms with Gasteiger partial charge < -0.3 is 5.32 Å². The quantitative estimate of drug-likeness (QED) is 0.656. The van der Waals surface area contributed by atoms with Crippen molar-refractivity contribution in [1.29, 1.82) is 0 Å². The lowest BCUT2D eigenvalue weighted by molar-refractivity contribution is -0.123. The van der Waals surface area contributed by atoms with Crippen molar-refractivity contribution >= 4 is 5.78 Å². The topological polar surface area (TPSA) is 29.1 Å². The van der Waals surface area contributed by atoms with Gasteiger partial charge in [0.1, 0.15) is 5.78 Å². The van der Waals surface area contributed by atoms with Crippen LogP contribution in [0.1, 0.15) is 58.8 Å². The first-order valence-electron chi connectivity index (χ1n) is 6.51. The minimum absolute atomic E-state index is 0.302. The van der Waals surface area contributed by atoms with E-state index in [1.807, 2.05) is 0 Å². The summed E-state index contributed by atoms with van der Waals surface area (Å²) >= 11 is 0. The number of carbonyl (C=O) groups excluding carboxylic acids is 1. The molecule has 0 spiro atoms. The molecule has 1 N–H and O–H groups in total. The first-order valence-corrected chi connectivity index (χ1v) is 6.51. The van der Waals surface area contributed by atoms with Crippen LogP contribution in [0, 0.1) is 5.92 Å². The molecule has 0 aliphatic carbocycles. The van der Waals surface area contributed by atoms with Crippen molar-refractivity contribution in [3.05, 3.63) is 0 Å². The molecule has 0 aromatic rings. The third kappa shape index (κ3) is 4.33. The van der Waals surface area contributed by atoms with Crippen LogP contribution < -0.4 is 5.32 Å². The predicted octanol–water partition coefficient (Wildman–Crippen LogP) is 2.91. The van der Waals surface area contributed by atoms with Gasteiger partial charge in [-0.15, -0.1) is 0 Å². The summed E-state index contributed by atoms with van der Waals surface area (Å²) in [6.45, 7) is 5.37. The van der Waals surface area contributed by atoms with Crippen LogP contribution in [-0.2, 0) is 4.79 Å². The number of ketones is 1. The van der Waals surface area contributed by atoms with E-state index in [0.29, 0.717) is 17.7 Å². The lowest BCUT2D eigenvalue weighted by atomic mass is 9.93. The fourth-order valence-electron chi connectivity index (χ4n) is 2.39. The van der Waals surface area contributed by atoms with Gasteiger partial charge in [-0.05, 0) is 26.3 Å². The molecule has 0 aromatic heterocycles. The highest BCUT2D eigenvalue weighted by molar-refractivity contribution is 5.81. The maximum atomic E-state index is 11.8. The van der Waals surface area contributed by atoms with Gasteiger partial charge in [0.2, 0.25) is 0 Å². The molecule has 2 heteroatoms. The molecule has 0 aromatic carbocycles. The normalized spacial score (nSPS) is 25.7. The molecule has 1 heterocycles. The Kier molecular flexibility index (Phi) is 5.92. The average Bonchev–Trinajstić information content (AvgIpc) is 2.64. The van der Waals surface area contributed by atoms with E-state index in [1.54, 1.807) is 0 Å². The predicted molar refractivity (Wildman–Crippen MR) is 64.0 cm³/mol. The highest BCUT2D eigenvalue weighted by atomic mass is 16.1. The van der Waals surface area contributed by atoms with Crippen LogP contribution in [-0.4, -0.2) is 18.4 Å². The van der Waals surface area contributed by atoms with Crippen LogP contribution in [0.2, 0.25) is 0 Å². The van der Waals surface area contributed by atoms with Crippen LogP contribution in [0.15, 0.2) is 0 Å². The van der Waals surface area contributed by atoms with E-state index in [-0.39, 0.29) is 0 Å². The van der Waals surface area contributed by atoms with Gasteiger partial charge in [-0.1, -0.05) is 32.6 Å². The molecule has 1 aliphatic rings. The fourth-order valence-corrected chi connectivity index (χ4v) is 2.39. The Morgan fingerprint density at radius 2 is 2.00 bits per heavy atom. The van der Waals surface area contributed by atoms with Gasteiger partial charge in [-0.25, -0.2) is 0 Å². The van der Waals surface area contributed by atoms with Crippen LogP contribution in [0.4, 0.5) is 0 Å². The molecule has 1 fully saturated rings. The maximum absolute atomic E-state index is 11.8. The second kappa shape index (κ2) is 7.00. The van der Waals surface area contributed by atoms with Gasteiger partial charge in [0, 0.05) is 18.4 Å². The van der Waals surface area contributed by atoms with Gasteiger partial charge in [0.25, 0.3) is 0 Å². The van der Waals surface area contributed by atoms with E-state index in [1.165, 1.54) is 25.7 Å².